The van der Waals surface area contributed by atoms with Crippen LogP contribution in [0.5, 0.6) is 5.75 Å². The molecule has 0 spiro atoms. The first-order chi connectivity index (χ1) is 9.58. The van der Waals surface area contributed by atoms with Crippen LogP contribution in [-0.4, -0.2) is 6.61 Å². The van der Waals surface area contributed by atoms with Crippen LogP contribution in [-0.2, 0) is 12.0 Å². The highest BCUT2D eigenvalue weighted by Crippen LogP contribution is 2.38. The number of para-hydroxylation sites is 1. The standard InChI is InChI=1S/C16H15BrFNO/c17-14-6-5-12(18)9-11(14)10-16(19)7-8-20-15-4-2-1-3-13(15)16/h1-6,9H,7-8,10,19H2. The van der Waals surface area contributed by atoms with Crippen LogP contribution in [0.3, 0.4) is 0 Å². The Hall–Kier alpha value is -1.39. The van der Waals surface area contributed by atoms with Gasteiger partial charge in [-0.2, -0.15) is 0 Å². The summed E-state index contributed by atoms with van der Waals surface area (Å²) in [5.74, 6) is 0.584. The second-order valence-electron chi connectivity index (χ2n) is 5.16. The molecule has 0 bridgehead atoms. The largest absolute Gasteiger partial charge is 0.493 e. The van der Waals surface area contributed by atoms with Gasteiger partial charge in [0, 0.05) is 16.5 Å². The maximum atomic E-state index is 13.4. The Balaban J connectivity index is 2.00. The molecule has 104 valence electrons. The fraction of sp³-hybridized carbons (Fsp3) is 0.250. The Kier molecular flexibility index (Phi) is 3.52. The van der Waals surface area contributed by atoms with Gasteiger partial charge >= 0.3 is 0 Å². The monoisotopic (exact) mass is 335 g/mol. The summed E-state index contributed by atoms with van der Waals surface area (Å²) in [5.41, 5.74) is 7.94. The lowest BCUT2D eigenvalue weighted by Crippen LogP contribution is -2.43. The molecule has 0 aliphatic carbocycles. The van der Waals surface area contributed by atoms with Gasteiger partial charge in [-0.1, -0.05) is 34.1 Å². The van der Waals surface area contributed by atoms with Crippen LogP contribution in [0, 0.1) is 5.82 Å². The summed E-state index contributed by atoms with van der Waals surface area (Å²) in [6.45, 7) is 0.584. The van der Waals surface area contributed by atoms with Gasteiger partial charge in [0.05, 0.1) is 12.1 Å². The maximum absolute atomic E-state index is 13.4. The Labute approximate surface area is 125 Å². The summed E-state index contributed by atoms with van der Waals surface area (Å²) in [4.78, 5) is 0. The Morgan fingerprint density at radius 2 is 2.05 bits per heavy atom. The molecule has 1 aliphatic heterocycles. The van der Waals surface area contributed by atoms with E-state index in [1.807, 2.05) is 24.3 Å². The Morgan fingerprint density at radius 1 is 1.25 bits per heavy atom. The van der Waals surface area contributed by atoms with E-state index in [1.54, 1.807) is 6.07 Å². The van der Waals surface area contributed by atoms with E-state index in [1.165, 1.54) is 12.1 Å². The molecule has 2 aromatic carbocycles. The first kappa shape index (κ1) is 13.6. The third-order valence-electron chi connectivity index (χ3n) is 3.74. The Bertz CT molecular complexity index is 646. The molecule has 0 amide bonds. The zero-order valence-electron chi connectivity index (χ0n) is 10.9. The highest BCUT2D eigenvalue weighted by Gasteiger charge is 2.34. The minimum atomic E-state index is -0.523. The van der Waals surface area contributed by atoms with E-state index in [4.69, 9.17) is 10.5 Å². The number of hydrogen-bond acceptors (Lipinski definition) is 2. The zero-order valence-corrected chi connectivity index (χ0v) is 12.5. The van der Waals surface area contributed by atoms with Crippen LogP contribution in [0.15, 0.2) is 46.9 Å². The van der Waals surface area contributed by atoms with E-state index in [0.717, 1.165) is 21.3 Å². The summed E-state index contributed by atoms with van der Waals surface area (Å²) >= 11 is 3.47. The summed E-state index contributed by atoms with van der Waals surface area (Å²) in [5, 5.41) is 0. The number of halogens is 2. The van der Waals surface area contributed by atoms with E-state index < -0.39 is 5.54 Å². The quantitative estimate of drug-likeness (QED) is 0.906. The number of nitrogens with two attached hydrogens (primary N) is 1. The first-order valence-electron chi connectivity index (χ1n) is 6.54. The second-order valence-corrected chi connectivity index (χ2v) is 6.02. The molecule has 2 aromatic rings. The van der Waals surface area contributed by atoms with Gasteiger partial charge in [-0.3, -0.25) is 0 Å². The van der Waals surface area contributed by atoms with Gasteiger partial charge in [0.25, 0.3) is 0 Å². The van der Waals surface area contributed by atoms with E-state index in [-0.39, 0.29) is 5.82 Å². The Morgan fingerprint density at radius 3 is 2.90 bits per heavy atom. The molecule has 0 fully saturated rings. The van der Waals surface area contributed by atoms with Gasteiger partial charge in [0.2, 0.25) is 0 Å². The summed E-state index contributed by atoms with van der Waals surface area (Å²) in [7, 11) is 0. The molecule has 1 heterocycles. The van der Waals surface area contributed by atoms with Gasteiger partial charge in [-0.05, 0) is 36.2 Å². The normalized spacial score (nSPS) is 21.1. The van der Waals surface area contributed by atoms with Crippen molar-refractivity contribution in [3.8, 4) is 5.75 Å². The zero-order chi connectivity index (χ0) is 14.2. The fourth-order valence-corrected chi connectivity index (χ4v) is 3.07. The van der Waals surface area contributed by atoms with E-state index in [2.05, 4.69) is 15.9 Å². The van der Waals surface area contributed by atoms with Crippen LogP contribution in [0.25, 0.3) is 0 Å². The van der Waals surface area contributed by atoms with Crippen molar-refractivity contribution in [3.63, 3.8) is 0 Å². The molecule has 4 heteroatoms. The average molecular weight is 336 g/mol. The van der Waals surface area contributed by atoms with Crippen LogP contribution >= 0.6 is 15.9 Å². The molecule has 3 rings (SSSR count). The fourth-order valence-electron chi connectivity index (χ4n) is 2.68. The lowest BCUT2D eigenvalue weighted by molar-refractivity contribution is 0.215. The van der Waals surface area contributed by atoms with Gasteiger partial charge in [0.1, 0.15) is 11.6 Å². The van der Waals surface area contributed by atoms with Crippen molar-refractivity contribution < 1.29 is 9.13 Å². The van der Waals surface area contributed by atoms with Crippen molar-refractivity contribution in [2.45, 2.75) is 18.4 Å². The molecule has 1 aliphatic rings. The van der Waals surface area contributed by atoms with Gasteiger partial charge in [-0.15, -0.1) is 0 Å². The highest BCUT2D eigenvalue weighted by atomic mass is 79.9. The predicted molar refractivity (Wildman–Crippen MR) is 80.2 cm³/mol. The number of benzene rings is 2. The van der Waals surface area contributed by atoms with E-state index in [9.17, 15) is 4.39 Å². The van der Waals surface area contributed by atoms with E-state index >= 15 is 0 Å². The molecule has 1 atom stereocenters. The topological polar surface area (TPSA) is 35.2 Å². The van der Waals surface area contributed by atoms with Gasteiger partial charge in [-0.25, -0.2) is 4.39 Å². The molecular weight excluding hydrogens is 321 g/mol. The SMILES string of the molecule is NC1(Cc2cc(F)ccc2Br)CCOc2ccccc21. The van der Waals surface area contributed by atoms with Crippen molar-refractivity contribution in [2.75, 3.05) is 6.61 Å². The van der Waals surface area contributed by atoms with Crippen molar-refractivity contribution in [2.24, 2.45) is 5.73 Å². The molecule has 0 radical (unpaired) electrons. The molecule has 20 heavy (non-hydrogen) atoms. The predicted octanol–water partition coefficient (Wildman–Crippen LogP) is 3.77. The lowest BCUT2D eigenvalue weighted by Gasteiger charge is -2.36. The first-order valence-corrected chi connectivity index (χ1v) is 7.33. The van der Waals surface area contributed by atoms with Crippen LogP contribution in [0.2, 0.25) is 0 Å². The third-order valence-corrected chi connectivity index (χ3v) is 4.52. The van der Waals surface area contributed by atoms with E-state index in [0.29, 0.717) is 19.4 Å². The van der Waals surface area contributed by atoms with Crippen LogP contribution in [0.1, 0.15) is 17.5 Å². The van der Waals surface area contributed by atoms with Crippen molar-refractivity contribution in [1.82, 2.24) is 0 Å². The number of fused-ring (bicyclic) bond motifs is 1. The number of hydrogen-bond donors (Lipinski definition) is 1. The van der Waals surface area contributed by atoms with Crippen molar-refractivity contribution in [1.29, 1.82) is 0 Å². The van der Waals surface area contributed by atoms with Crippen molar-refractivity contribution in [3.05, 3.63) is 63.9 Å². The molecular formula is C16H15BrFNO. The maximum Gasteiger partial charge on any atom is 0.124 e. The molecule has 0 saturated carbocycles. The second kappa shape index (κ2) is 5.19. The third kappa shape index (κ3) is 2.45. The number of rotatable bonds is 2. The minimum Gasteiger partial charge on any atom is -0.493 e. The molecule has 0 aromatic heterocycles. The van der Waals surface area contributed by atoms with Gasteiger partial charge < -0.3 is 10.5 Å². The summed E-state index contributed by atoms with van der Waals surface area (Å²) in [6.07, 6.45) is 1.29. The molecule has 2 nitrogen and oxygen atoms in total. The summed E-state index contributed by atoms with van der Waals surface area (Å²) in [6, 6.07) is 12.5. The number of ether oxygens (including phenoxy) is 1. The van der Waals surface area contributed by atoms with Crippen LogP contribution in [0.4, 0.5) is 4.39 Å². The highest BCUT2D eigenvalue weighted by molar-refractivity contribution is 9.10. The molecule has 0 saturated heterocycles. The van der Waals surface area contributed by atoms with Gasteiger partial charge in [0.15, 0.2) is 0 Å². The average Bonchev–Trinajstić information content (AvgIpc) is 2.43. The smallest absolute Gasteiger partial charge is 0.124 e. The minimum absolute atomic E-state index is 0.243. The summed E-state index contributed by atoms with van der Waals surface area (Å²) < 4.78 is 20.0. The van der Waals surface area contributed by atoms with Crippen LogP contribution < -0.4 is 10.5 Å². The van der Waals surface area contributed by atoms with Crippen molar-refractivity contribution >= 4 is 15.9 Å². The molecule has 2 N–H and O–H groups in total. The lowest BCUT2D eigenvalue weighted by atomic mass is 9.80. The molecule has 1 unspecified atom stereocenters.